The van der Waals surface area contributed by atoms with Crippen LogP contribution in [0.2, 0.25) is 5.02 Å². The number of nitrogens with zero attached hydrogens (tertiary/aromatic N) is 5. The predicted octanol–water partition coefficient (Wildman–Crippen LogP) is 3.36. The van der Waals surface area contributed by atoms with E-state index < -0.39 is 0 Å². The van der Waals surface area contributed by atoms with Crippen molar-refractivity contribution in [3.05, 3.63) is 87.3 Å². The van der Waals surface area contributed by atoms with E-state index in [0.29, 0.717) is 46.7 Å². The first-order chi connectivity index (χ1) is 16.0. The fraction of sp³-hybridized carbons (Fsp3) is 0.250. The quantitative estimate of drug-likeness (QED) is 0.439. The molecule has 5 rings (SSSR count). The number of amides is 1. The Labute approximate surface area is 199 Å². The van der Waals surface area contributed by atoms with Crippen molar-refractivity contribution in [2.75, 3.05) is 26.2 Å². The summed E-state index contributed by atoms with van der Waals surface area (Å²) in [4.78, 5) is 34.6. The van der Waals surface area contributed by atoms with E-state index in [-0.39, 0.29) is 11.5 Å². The molecule has 0 aliphatic carbocycles. The van der Waals surface area contributed by atoms with Gasteiger partial charge in [0.2, 0.25) is 10.9 Å². The average molecular weight is 480 g/mol. The molecule has 7 nitrogen and oxygen atoms in total. The molecule has 168 valence electrons. The minimum Gasteiger partial charge on any atom is -0.340 e. The Kier molecular flexibility index (Phi) is 6.22. The number of halogens is 1. The molecule has 0 bridgehead atoms. The van der Waals surface area contributed by atoms with Crippen LogP contribution in [0.3, 0.4) is 0 Å². The molecule has 3 heterocycles. The summed E-state index contributed by atoms with van der Waals surface area (Å²) in [6, 6.07) is 18.7. The van der Waals surface area contributed by atoms with Gasteiger partial charge in [0.1, 0.15) is 5.01 Å². The molecule has 1 aliphatic rings. The van der Waals surface area contributed by atoms with Crippen molar-refractivity contribution < 1.29 is 4.79 Å². The maximum absolute atomic E-state index is 12.6. The van der Waals surface area contributed by atoms with Crippen molar-refractivity contribution in [3.63, 3.8) is 0 Å². The van der Waals surface area contributed by atoms with Crippen LogP contribution in [0.25, 0.3) is 15.5 Å². The summed E-state index contributed by atoms with van der Waals surface area (Å²) in [5.74, 6) is 0.150. The van der Waals surface area contributed by atoms with E-state index in [4.69, 9.17) is 11.6 Å². The van der Waals surface area contributed by atoms with Gasteiger partial charge in [-0.3, -0.25) is 14.5 Å². The second-order valence-corrected chi connectivity index (χ2v) is 9.41. The highest BCUT2D eigenvalue weighted by atomic mass is 35.5. The number of fused-ring (bicyclic) bond motifs is 1. The molecule has 1 fully saturated rings. The summed E-state index contributed by atoms with van der Waals surface area (Å²) < 4.78 is 1.34. The van der Waals surface area contributed by atoms with Crippen molar-refractivity contribution >= 4 is 33.8 Å². The largest absolute Gasteiger partial charge is 0.340 e. The highest BCUT2D eigenvalue weighted by Gasteiger charge is 2.22. The van der Waals surface area contributed by atoms with Crippen LogP contribution in [0, 0.1) is 0 Å². The number of carbonyl (C=O) groups excluding carboxylic acids is 1. The lowest BCUT2D eigenvalue weighted by molar-refractivity contribution is -0.132. The van der Waals surface area contributed by atoms with Crippen LogP contribution in [-0.4, -0.2) is 56.5 Å². The molecule has 0 atom stereocenters. The van der Waals surface area contributed by atoms with Gasteiger partial charge in [-0.25, -0.2) is 4.98 Å². The highest BCUT2D eigenvalue weighted by Crippen LogP contribution is 2.26. The average Bonchev–Trinajstić information content (AvgIpc) is 3.25. The second kappa shape index (κ2) is 9.43. The number of hydrogen-bond donors (Lipinski definition) is 0. The zero-order valence-electron chi connectivity index (χ0n) is 17.9. The van der Waals surface area contributed by atoms with Gasteiger partial charge in [0.25, 0.3) is 5.56 Å². The van der Waals surface area contributed by atoms with Crippen LogP contribution in [0.4, 0.5) is 0 Å². The van der Waals surface area contributed by atoms with Crippen molar-refractivity contribution in [1.29, 1.82) is 0 Å². The van der Waals surface area contributed by atoms with Crippen molar-refractivity contribution in [3.8, 4) is 10.6 Å². The standard InChI is InChI=1S/C24H22ClN5O2S/c25-19-8-4-7-18(14-19)23-27-30-22(32)15-20(26-24(30)33-23)16-28-9-11-29(12-10-28)21(31)13-17-5-2-1-3-6-17/h1-8,14-15H,9-13,16H2. The van der Waals surface area contributed by atoms with Gasteiger partial charge in [-0.15, -0.1) is 0 Å². The van der Waals surface area contributed by atoms with Crippen LogP contribution >= 0.6 is 22.9 Å². The molecule has 0 N–H and O–H groups in total. The van der Waals surface area contributed by atoms with Gasteiger partial charge >= 0.3 is 0 Å². The van der Waals surface area contributed by atoms with Gasteiger partial charge < -0.3 is 4.90 Å². The van der Waals surface area contributed by atoms with E-state index in [1.54, 1.807) is 12.1 Å². The number of aromatic nitrogens is 3. The number of benzene rings is 2. The fourth-order valence-corrected chi connectivity index (χ4v) is 5.05. The number of rotatable bonds is 5. The summed E-state index contributed by atoms with van der Waals surface area (Å²) >= 11 is 7.46. The van der Waals surface area contributed by atoms with E-state index in [9.17, 15) is 9.59 Å². The van der Waals surface area contributed by atoms with E-state index in [1.165, 1.54) is 15.9 Å². The SMILES string of the molecule is O=C(Cc1ccccc1)N1CCN(Cc2cc(=O)n3nc(-c4cccc(Cl)c4)sc3n2)CC1. The van der Waals surface area contributed by atoms with E-state index in [2.05, 4.69) is 15.0 Å². The molecule has 0 radical (unpaired) electrons. The van der Waals surface area contributed by atoms with Crippen LogP contribution in [-0.2, 0) is 17.8 Å². The molecule has 1 saturated heterocycles. The van der Waals surface area contributed by atoms with Crippen molar-refractivity contribution in [2.24, 2.45) is 0 Å². The second-order valence-electron chi connectivity index (χ2n) is 8.02. The first-order valence-electron chi connectivity index (χ1n) is 10.7. The molecule has 2 aromatic heterocycles. The molecular weight excluding hydrogens is 458 g/mol. The van der Waals surface area contributed by atoms with Crippen LogP contribution in [0.1, 0.15) is 11.3 Å². The van der Waals surface area contributed by atoms with Gasteiger partial charge in [-0.2, -0.15) is 9.61 Å². The zero-order valence-corrected chi connectivity index (χ0v) is 19.4. The van der Waals surface area contributed by atoms with Gasteiger partial charge in [0, 0.05) is 49.4 Å². The Balaban J connectivity index is 1.24. The lowest BCUT2D eigenvalue weighted by Crippen LogP contribution is -2.48. The number of piperazine rings is 1. The van der Waals surface area contributed by atoms with Crippen molar-refractivity contribution in [1.82, 2.24) is 24.4 Å². The molecule has 1 aliphatic heterocycles. The molecule has 4 aromatic rings. The number of carbonyl (C=O) groups is 1. The summed E-state index contributed by atoms with van der Waals surface area (Å²) in [6.07, 6.45) is 0.427. The van der Waals surface area contributed by atoms with Gasteiger partial charge in [0.05, 0.1) is 12.1 Å². The van der Waals surface area contributed by atoms with E-state index in [1.807, 2.05) is 53.4 Å². The Bertz CT molecular complexity index is 1350. The maximum atomic E-state index is 12.6. The summed E-state index contributed by atoms with van der Waals surface area (Å²) in [5.41, 5.74) is 2.40. The van der Waals surface area contributed by atoms with E-state index >= 15 is 0 Å². The smallest absolute Gasteiger partial charge is 0.275 e. The molecular formula is C24H22ClN5O2S. The third-order valence-electron chi connectivity index (χ3n) is 5.68. The predicted molar refractivity (Wildman–Crippen MR) is 130 cm³/mol. The Morgan fingerprint density at radius 2 is 1.79 bits per heavy atom. The molecule has 0 saturated carbocycles. The molecule has 0 spiro atoms. The highest BCUT2D eigenvalue weighted by molar-refractivity contribution is 7.19. The minimum absolute atomic E-state index is 0.150. The molecule has 9 heteroatoms. The van der Waals surface area contributed by atoms with Crippen molar-refractivity contribution in [2.45, 2.75) is 13.0 Å². The lowest BCUT2D eigenvalue weighted by Gasteiger charge is -2.34. The molecule has 0 unspecified atom stereocenters. The van der Waals surface area contributed by atoms with Gasteiger partial charge in [-0.05, 0) is 17.7 Å². The lowest BCUT2D eigenvalue weighted by atomic mass is 10.1. The monoisotopic (exact) mass is 479 g/mol. The number of hydrogen-bond acceptors (Lipinski definition) is 6. The normalized spacial score (nSPS) is 14.6. The molecule has 33 heavy (non-hydrogen) atoms. The summed E-state index contributed by atoms with van der Waals surface area (Å²) in [7, 11) is 0. The van der Waals surface area contributed by atoms with Crippen LogP contribution in [0.15, 0.2) is 65.5 Å². The Morgan fingerprint density at radius 3 is 2.55 bits per heavy atom. The third-order valence-corrected chi connectivity index (χ3v) is 6.87. The van der Waals surface area contributed by atoms with Crippen LogP contribution < -0.4 is 5.56 Å². The molecule has 1 amide bonds. The van der Waals surface area contributed by atoms with Gasteiger partial charge in [-0.1, -0.05) is 65.4 Å². The summed E-state index contributed by atoms with van der Waals surface area (Å²) in [6.45, 7) is 3.41. The Morgan fingerprint density at radius 1 is 1.00 bits per heavy atom. The zero-order chi connectivity index (χ0) is 22.8. The first kappa shape index (κ1) is 21.8. The van der Waals surface area contributed by atoms with Gasteiger partial charge in [0.15, 0.2) is 0 Å². The van der Waals surface area contributed by atoms with Crippen LogP contribution in [0.5, 0.6) is 0 Å². The third kappa shape index (κ3) is 4.98. The summed E-state index contributed by atoms with van der Waals surface area (Å²) in [5, 5.41) is 5.74. The minimum atomic E-state index is -0.198. The van der Waals surface area contributed by atoms with E-state index in [0.717, 1.165) is 24.2 Å². The maximum Gasteiger partial charge on any atom is 0.275 e. The Hall–Kier alpha value is -3.07. The molecule has 2 aromatic carbocycles. The first-order valence-corrected chi connectivity index (χ1v) is 11.9. The topological polar surface area (TPSA) is 70.8 Å². The fourth-order valence-electron chi connectivity index (χ4n) is 3.94.